The van der Waals surface area contributed by atoms with Gasteiger partial charge in [0.05, 0.1) is 22.1 Å². The van der Waals surface area contributed by atoms with E-state index in [9.17, 15) is 14.4 Å². The highest BCUT2D eigenvalue weighted by Gasteiger charge is 2.46. The fourth-order valence-corrected chi connectivity index (χ4v) is 4.97. The van der Waals surface area contributed by atoms with Crippen LogP contribution in [0.4, 0.5) is 5.13 Å². The number of likely N-dealkylation sites (tertiary alicyclic amines) is 1. The van der Waals surface area contributed by atoms with E-state index in [-0.39, 0.29) is 42.5 Å². The van der Waals surface area contributed by atoms with Gasteiger partial charge in [-0.25, -0.2) is 4.98 Å². The zero-order valence-corrected chi connectivity index (χ0v) is 16.1. The Hall–Kier alpha value is -2.54. The molecule has 0 unspecified atom stereocenters. The van der Waals surface area contributed by atoms with Crippen molar-refractivity contribution < 1.29 is 14.4 Å². The lowest BCUT2D eigenvalue weighted by Gasteiger charge is -2.14. The van der Waals surface area contributed by atoms with E-state index >= 15 is 0 Å². The lowest BCUT2D eigenvalue weighted by Crippen LogP contribution is -2.34. The fraction of sp³-hybridized carbons (Fsp3) is 0.400. The number of imide groups is 1. The van der Waals surface area contributed by atoms with Gasteiger partial charge in [-0.2, -0.15) is 0 Å². The van der Waals surface area contributed by atoms with Crippen LogP contribution in [0.3, 0.4) is 0 Å². The Labute approximate surface area is 161 Å². The van der Waals surface area contributed by atoms with E-state index in [1.165, 1.54) is 16.2 Å². The maximum Gasteiger partial charge on any atom is 0.233 e. The number of allylic oxidation sites excluding steroid dienone is 2. The van der Waals surface area contributed by atoms with Gasteiger partial charge in [0.2, 0.25) is 17.7 Å². The molecule has 2 heterocycles. The predicted octanol–water partition coefficient (Wildman–Crippen LogP) is 3.19. The molecular weight excluding hydrogens is 362 g/mol. The third-order valence-corrected chi connectivity index (χ3v) is 6.16. The van der Waals surface area contributed by atoms with Crippen LogP contribution < -0.4 is 5.32 Å². The second-order valence-electron chi connectivity index (χ2n) is 7.23. The summed E-state index contributed by atoms with van der Waals surface area (Å²) >= 11 is 1.43. The number of carbonyl (C=O) groups is 3. The zero-order valence-electron chi connectivity index (χ0n) is 15.3. The van der Waals surface area contributed by atoms with Gasteiger partial charge in [-0.05, 0) is 43.9 Å². The van der Waals surface area contributed by atoms with Crippen molar-refractivity contribution in [3.63, 3.8) is 0 Å². The summed E-state index contributed by atoms with van der Waals surface area (Å²) in [5.74, 6) is -1.03. The number of carbonyl (C=O) groups excluding carboxylic acids is 3. The molecule has 2 aliphatic rings. The lowest BCUT2D eigenvalue weighted by atomic mass is 9.85. The standard InChI is InChI=1S/C20H21N3O3S/c1-11-9-12(2)17-15(10-11)27-20(22-17)21-16(24)7-8-23-18(25)13-5-3-4-6-14(13)19(23)26/h3-4,9-10,13-14H,5-8H2,1-2H3,(H,21,22,24)/t13-,14-/m1/s1. The Morgan fingerprint density at radius 1 is 1.19 bits per heavy atom. The van der Waals surface area contributed by atoms with Crippen molar-refractivity contribution in [3.8, 4) is 0 Å². The number of hydrogen-bond donors (Lipinski definition) is 1. The molecule has 2 atom stereocenters. The highest BCUT2D eigenvalue weighted by Crippen LogP contribution is 2.35. The molecule has 27 heavy (non-hydrogen) atoms. The van der Waals surface area contributed by atoms with Gasteiger partial charge in [-0.15, -0.1) is 0 Å². The van der Waals surface area contributed by atoms with Gasteiger partial charge in [0.15, 0.2) is 5.13 Å². The largest absolute Gasteiger partial charge is 0.302 e. The van der Waals surface area contributed by atoms with Gasteiger partial charge >= 0.3 is 0 Å². The topological polar surface area (TPSA) is 79.4 Å². The first-order valence-corrected chi connectivity index (χ1v) is 9.93. The van der Waals surface area contributed by atoms with E-state index in [0.717, 1.165) is 21.3 Å². The second-order valence-corrected chi connectivity index (χ2v) is 8.26. The SMILES string of the molecule is Cc1cc(C)c2nc(NC(=O)CCN3C(=O)[C@@H]4CC=CC[C@H]4C3=O)sc2c1. The number of aromatic nitrogens is 1. The fourth-order valence-electron chi connectivity index (χ4n) is 3.91. The van der Waals surface area contributed by atoms with Crippen LogP contribution in [0.25, 0.3) is 10.2 Å². The molecule has 3 amide bonds. The third kappa shape index (κ3) is 3.27. The molecule has 1 aromatic carbocycles. The van der Waals surface area contributed by atoms with Crippen LogP contribution in [0.5, 0.6) is 0 Å². The molecule has 7 heteroatoms. The van der Waals surface area contributed by atoms with Gasteiger partial charge < -0.3 is 5.32 Å². The van der Waals surface area contributed by atoms with Crippen molar-refractivity contribution in [2.24, 2.45) is 11.8 Å². The lowest BCUT2D eigenvalue weighted by molar-refractivity contribution is -0.140. The summed E-state index contributed by atoms with van der Waals surface area (Å²) in [7, 11) is 0. The first-order valence-electron chi connectivity index (χ1n) is 9.12. The van der Waals surface area contributed by atoms with Gasteiger partial charge in [-0.3, -0.25) is 19.3 Å². The molecule has 1 fully saturated rings. The van der Waals surface area contributed by atoms with E-state index in [1.807, 2.05) is 32.1 Å². The monoisotopic (exact) mass is 383 g/mol. The van der Waals surface area contributed by atoms with Crippen LogP contribution >= 0.6 is 11.3 Å². The number of hydrogen-bond acceptors (Lipinski definition) is 5. The Bertz CT molecular complexity index is 952. The maximum absolute atomic E-state index is 12.4. The number of anilines is 1. The van der Waals surface area contributed by atoms with Gasteiger partial charge in [-0.1, -0.05) is 29.6 Å². The Kier molecular flexibility index (Phi) is 4.55. The second kappa shape index (κ2) is 6.88. The molecule has 1 aliphatic carbocycles. The van der Waals surface area contributed by atoms with Crippen LogP contribution in [0.1, 0.15) is 30.4 Å². The van der Waals surface area contributed by atoms with Crippen molar-refractivity contribution in [1.82, 2.24) is 9.88 Å². The summed E-state index contributed by atoms with van der Waals surface area (Å²) in [5.41, 5.74) is 3.12. The molecule has 0 saturated carbocycles. The quantitative estimate of drug-likeness (QED) is 0.650. The maximum atomic E-state index is 12.4. The molecule has 2 aromatic rings. The average molecular weight is 383 g/mol. The zero-order chi connectivity index (χ0) is 19.1. The summed E-state index contributed by atoms with van der Waals surface area (Å²) in [6, 6.07) is 4.11. The smallest absolute Gasteiger partial charge is 0.233 e. The minimum atomic E-state index is -0.249. The molecular formula is C20H21N3O3S. The van der Waals surface area contributed by atoms with Crippen LogP contribution in [0.2, 0.25) is 0 Å². The van der Waals surface area contributed by atoms with Crippen LogP contribution in [-0.4, -0.2) is 34.2 Å². The number of nitrogens with zero attached hydrogens (tertiary/aromatic N) is 2. The van der Waals surface area contributed by atoms with E-state index < -0.39 is 0 Å². The summed E-state index contributed by atoms with van der Waals surface area (Å²) in [5, 5.41) is 3.34. The van der Waals surface area contributed by atoms with E-state index in [4.69, 9.17) is 0 Å². The number of fused-ring (bicyclic) bond motifs is 2. The summed E-state index contributed by atoms with van der Waals surface area (Å²) in [4.78, 5) is 42.9. The van der Waals surface area contributed by atoms with E-state index in [0.29, 0.717) is 18.0 Å². The number of amides is 3. The Balaban J connectivity index is 1.40. The molecule has 4 rings (SSSR count). The molecule has 0 bridgehead atoms. The minimum Gasteiger partial charge on any atom is -0.302 e. The van der Waals surface area contributed by atoms with E-state index in [1.54, 1.807) is 0 Å². The van der Waals surface area contributed by atoms with Crippen LogP contribution in [-0.2, 0) is 14.4 Å². The highest BCUT2D eigenvalue weighted by molar-refractivity contribution is 7.22. The minimum absolute atomic E-state index is 0.0816. The van der Waals surface area contributed by atoms with Crippen molar-refractivity contribution >= 4 is 44.4 Å². The number of aryl methyl sites for hydroxylation is 2. The van der Waals surface area contributed by atoms with Crippen molar-refractivity contribution in [3.05, 3.63) is 35.4 Å². The summed E-state index contributed by atoms with van der Waals surface area (Å²) in [6.07, 6.45) is 5.22. The first-order chi connectivity index (χ1) is 12.9. The van der Waals surface area contributed by atoms with Crippen molar-refractivity contribution in [1.29, 1.82) is 0 Å². The average Bonchev–Trinajstić information content (AvgIpc) is 3.13. The van der Waals surface area contributed by atoms with Gasteiger partial charge in [0, 0.05) is 13.0 Å². The van der Waals surface area contributed by atoms with Gasteiger partial charge in [0.25, 0.3) is 0 Å². The number of rotatable bonds is 4. The number of benzene rings is 1. The van der Waals surface area contributed by atoms with Gasteiger partial charge in [0.1, 0.15) is 0 Å². The van der Waals surface area contributed by atoms with Crippen molar-refractivity contribution in [2.75, 3.05) is 11.9 Å². The van der Waals surface area contributed by atoms with E-state index in [2.05, 4.69) is 16.4 Å². The highest BCUT2D eigenvalue weighted by atomic mass is 32.1. The van der Waals surface area contributed by atoms with Crippen LogP contribution in [0, 0.1) is 25.7 Å². The Morgan fingerprint density at radius 3 is 2.52 bits per heavy atom. The number of nitrogens with one attached hydrogen (secondary N) is 1. The molecule has 0 radical (unpaired) electrons. The predicted molar refractivity (Wildman–Crippen MR) is 104 cm³/mol. The molecule has 6 nitrogen and oxygen atoms in total. The molecule has 140 valence electrons. The normalized spacial score (nSPS) is 21.8. The molecule has 1 N–H and O–H groups in total. The van der Waals surface area contributed by atoms with Crippen LogP contribution in [0.15, 0.2) is 24.3 Å². The van der Waals surface area contributed by atoms with Crippen molar-refractivity contribution in [2.45, 2.75) is 33.1 Å². The molecule has 1 saturated heterocycles. The Morgan fingerprint density at radius 2 is 1.85 bits per heavy atom. The first kappa shape index (κ1) is 17.9. The molecule has 0 spiro atoms. The molecule has 1 aromatic heterocycles. The third-order valence-electron chi connectivity index (χ3n) is 5.24. The summed E-state index contributed by atoms with van der Waals surface area (Å²) in [6.45, 7) is 4.15. The number of thiazole rings is 1. The molecule has 1 aliphatic heterocycles. The summed E-state index contributed by atoms with van der Waals surface area (Å²) < 4.78 is 1.03.